The third-order valence-electron chi connectivity index (χ3n) is 2.39. The molecule has 0 atom stereocenters. The average Bonchev–Trinajstić information content (AvgIpc) is 3.03. The number of aromatic nitrogens is 2. The van der Waals surface area contributed by atoms with Crippen molar-refractivity contribution in [3.05, 3.63) is 22.7 Å². The lowest BCUT2D eigenvalue weighted by Gasteiger charge is -2.00. The third-order valence-corrected chi connectivity index (χ3v) is 3.07. The van der Waals surface area contributed by atoms with Gasteiger partial charge in [-0.15, -0.1) is 0 Å². The summed E-state index contributed by atoms with van der Waals surface area (Å²) in [6.45, 7) is 2.73. The van der Waals surface area contributed by atoms with E-state index in [2.05, 4.69) is 15.5 Å². The van der Waals surface area contributed by atoms with Crippen LogP contribution in [0.3, 0.4) is 0 Å². The van der Waals surface area contributed by atoms with Gasteiger partial charge >= 0.3 is 0 Å². The van der Waals surface area contributed by atoms with Crippen LogP contribution in [0.1, 0.15) is 25.7 Å². The van der Waals surface area contributed by atoms with Gasteiger partial charge in [-0.05, 0) is 17.9 Å². The van der Waals surface area contributed by atoms with E-state index in [1.54, 1.807) is 11.3 Å². The van der Waals surface area contributed by atoms with Crippen molar-refractivity contribution < 1.29 is 9.32 Å². The molecule has 1 amide bonds. The van der Waals surface area contributed by atoms with Gasteiger partial charge in [0.2, 0.25) is 17.6 Å². The molecule has 0 aliphatic rings. The summed E-state index contributed by atoms with van der Waals surface area (Å²) in [4.78, 5) is 15.7. The molecule has 0 bridgehead atoms. The van der Waals surface area contributed by atoms with Crippen molar-refractivity contribution in [1.82, 2.24) is 15.5 Å². The quantitative estimate of drug-likeness (QED) is 0.870. The van der Waals surface area contributed by atoms with Crippen LogP contribution in [0.25, 0.3) is 11.4 Å². The Morgan fingerprint density at radius 1 is 1.56 bits per heavy atom. The molecule has 0 saturated heterocycles. The third kappa shape index (κ3) is 3.40. The Bertz CT molecular complexity index is 493. The molecule has 6 heteroatoms. The number of nitrogens with zero attached hydrogens (tertiary/aromatic N) is 2. The molecule has 5 nitrogen and oxygen atoms in total. The molecule has 2 aromatic rings. The Balaban J connectivity index is 1.86. The Morgan fingerprint density at radius 3 is 3.17 bits per heavy atom. The van der Waals surface area contributed by atoms with E-state index in [1.807, 2.05) is 23.8 Å². The van der Waals surface area contributed by atoms with Crippen molar-refractivity contribution >= 4 is 17.2 Å². The van der Waals surface area contributed by atoms with Gasteiger partial charge in [0.05, 0.1) is 0 Å². The van der Waals surface area contributed by atoms with Crippen LogP contribution in [0.2, 0.25) is 0 Å². The van der Waals surface area contributed by atoms with Crippen LogP contribution >= 0.6 is 11.3 Å². The lowest BCUT2D eigenvalue weighted by atomic mass is 10.3. The second-order valence-electron chi connectivity index (χ2n) is 3.87. The first-order valence-electron chi connectivity index (χ1n) is 5.91. The molecule has 2 heterocycles. The number of amides is 1. The number of hydrogen-bond acceptors (Lipinski definition) is 5. The summed E-state index contributed by atoms with van der Waals surface area (Å²) in [6, 6.07) is 1.94. The molecule has 2 rings (SSSR count). The summed E-state index contributed by atoms with van der Waals surface area (Å²) in [5.74, 6) is 1.11. The smallest absolute Gasteiger partial charge is 0.227 e. The van der Waals surface area contributed by atoms with Crippen LogP contribution < -0.4 is 5.32 Å². The molecule has 0 fully saturated rings. The Labute approximate surface area is 109 Å². The largest absolute Gasteiger partial charge is 0.356 e. The minimum atomic E-state index is 0.0205. The molecule has 0 radical (unpaired) electrons. The Hall–Kier alpha value is -1.69. The maximum absolute atomic E-state index is 11.4. The monoisotopic (exact) mass is 265 g/mol. The molecule has 96 valence electrons. The van der Waals surface area contributed by atoms with E-state index in [4.69, 9.17) is 4.52 Å². The first-order valence-corrected chi connectivity index (χ1v) is 6.85. The maximum atomic E-state index is 11.4. The number of carbonyl (C=O) groups is 1. The van der Waals surface area contributed by atoms with Gasteiger partial charge in [0.1, 0.15) is 0 Å². The number of aryl methyl sites for hydroxylation is 1. The predicted octanol–water partition coefficient (Wildman–Crippen LogP) is 2.26. The topological polar surface area (TPSA) is 68.0 Å². The normalized spacial score (nSPS) is 10.5. The van der Waals surface area contributed by atoms with Crippen LogP contribution in [-0.2, 0) is 11.2 Å². The van der Waals surface area contributed by atoms with Crippen LogP contribution in [-0.4, -0.2) is 22.6 Å². The van der Waals surface area contributed by atoms with Gasteiger partial charge in [0.15, 0.2) is 0 Å². The van der Waals surface area contributed by atoms with E-state index in [0.29, 0.717) is 31.1 Å². The number of hydrogen-bond donors (Lipinski definition) is 1. The van der Waals surface area contributed by atoms with Crippen LogP contribution in [0.5, 0.6) is 0 Å². The summed E-state index contributed by atoms with van der Waals surface area (Å²) >= 11 is 1.59. The number of thiophene rings is 1. The highest BCUT2D eigenvalue weighted by molar-refractivity contribution is 7.08. The Kier molecular flexibility index (Phi) is 4.46. The first-order chi connectivity index (χ1) is 8.79. The SMILES string of the molecule is CCCNC(=O)CCc1nc(-c2ccsc2)no1. The zero-order chi connectivity index (χ0) is 12.8. The predicted molar refractivity (Wildman–Crippen MR) is 69.2 cm³/mol. The molecular formula is C12H15N3O2S. The van der Waals surface area contributed by atoms with Crippen LogP contribution in [0.15, 0.2) is 21.3 Å². The average molecular weight is 265 g/mol. The first kappa shape index (κ1) is 12.8. The van der Waals surface area contributed by atoms with E-state index in [0.717, 1.165) is 12.0 Å². The fraction of sp³-hybridized carbons (Fsp3) is 0.417. The standard InChI is InChI=1S/C12H15N3O2S/c1-2-6-13-10(16)3-4-11-14-12(15-17-11)9-5-7-18-8-9/h5,7-8H,2-4,6H2,1H3,(H,13,16). The molecule has 0 aliphatic heterocycles. The van der Waals surface area contributed by atoms with E-state index >= 15 is 0 Å². The van der Waals surface area contributed by atoms with Crippen LogP contribution in [0, 0.1) is 0 Å². The maximum Gasteiger partial charge on any atom is 0.227 e. The fourth-order valence-corrected chi connectivity index (χ4v) is 2.07. The summed E-state index contributed by atoms with van der Waals surface area (Å²) in [5.41, 5.74) is 0.949. The van der Waals surface area contributed by atoms with Crippen LogP contribution in [0.4, 0.5) is 0 Å². The molecule has 0 saturated carbocycles. The van der Waals surface area contributed by atoms with Gasteiger partial charge in [-0.1, -0.05) is 12.1 Å². The van der Waals surface area contributed by atoms with Gasteiger partial charge in [-0.2, -0.15) is 16.3 Å². The summed E-state index contributed by atoms with van der Waals surface area (Å²) in [5, 5.41) is 10.6. The van der Waals surface area contributed by atoms with Crippen molar-refractivity contribution in [2.24, 2.45) is 0 Å². The highest BCUT2D eigenvalue weighted by Gasteiger charge is 2.10. The fourth-order valence-electron chi connectivity index (χ4n) is 1.44. The van der Waals surface area contributed by atoms with E-state index in [9.17, 15) is 4.79 Å². The van der Waals surface area contributed by atoms with Crippen molar-refractivity contribution in [3.63, 3.8) is 0 Å². The van der Waals surface area contributed by atoms with E-state index in [-0.39, 0.29) is 5.91 Å². The van der Waals surface area contributed by atoms with Gasteiger partial charge in [-0.25, -0.2) is 0 Å². The molecule has 0 unspecified atom stereocenters. The number of nitrogens with one attached hydrogen (secondary N) is 1. The van der Waals surface area contributed by atoms with E-state index < -0.39 is 0 Å². The second kappa shape index (κ2) is 6.30. The van der Waals surface area contributed by atoms with Gasteiger partial charge in [0.25, 0.3) is 0 Å². The lowest BCUT2D eigenvalue weighted by Crippen LogP contribution is -2.24. The molecular weight excluding hydrogens is 250 g/mol. The number of carbonyl (C=O) groups excluding carboxylic acids is 1. The highest BCUT2D eigenvalue weighted by Crippen LogP contribution is 2.18. The second-order valence-corrected chi connectivity index (χ2v) is 4.65. The van der Waals surface area contributed by atoms with Gasteiger partial charge < -0.3 is 9.84 Å². The molecule has 2 aromatic heterocycles. The summed E-state index contributed by atoms with van der Waals surface area (Å²) in [7, 11) is 0. The summed E-state index contributed by atoms with van der Waals surface area (Å²) in [6.07, 6.45) is 1.80. The zero-order valence-electron chi connectivity index (χ0n) is 10.2. The summed E-state index contributed by atoms with van der Waals surface area (Å²) < 4.78 is 5.11. The van der Waals surface area contributed by atoms with Crippen molar-refractivity contribution in [2.45, 2.75) is 26.2 Å². The lowest BCUT2D eigenvalue weighted by molar-refractivity contribution is -0.121. The van der Waals surface area contributed by atoms with Crippen molar-refractivity contribution in [2.75, 3.05) is 6.54 Å². The zero-order valence-corrected chi connectivity index (χ0v) is 11.0. The highest BCUT2D eigenvalue weighted by atomic mass is 32.1. The Morgan fingerprint density at radius 2 is 2.44 bits per heavy atom. The molecule has 1 N–H and O–H groups in total. The minimum absolute atomic E-state index is 0.0205. The minimum Gasteiger partial charge on any atom is -0.356 e. The van der Waals surface area contributed by atoms with E-state index in [1.165, 1.54) is 0 Å². The van der Waals surface area contributed by atoms with Crippen molar-refractivity contribution in [3.8, 4) is 11.4 Å². The molecule has 0 spiro atoms. The van der Waals surface area contributed by atoms with Crippen molar-refractivity contribution in [1.29, 1.82) is 0 Å². The number of rotatable bonds is 6. The molecule has 0 aromatic carbocycles. The van der Waals surface area contributed by atoms with Gasteiger partial charge in [-0.3, -0.25) is 4.79 Å². The molecule has 0 aliphatic carbocycles. The molecule has 18 heavy (non-hydrogen) atoms. The van der Waals surface area contributed by atoms with Gasteiger partial charge in [0, 0.05) is 30.3 Å².